The minimum atomic E-state index is -0.942. The van der Waals surface area contributed by atoms with E-state index in [1.165, 1.54) is 0 Å². The number of carboxylic acids is 1. The second-order valence-corrected chi connectivity index (χ2v) is 12.4. The summed E-state index contributed by atoms with van der Waals surface area (Å²) in [6, 6.07) is 25.8. The van der Waals surface area contributed by atoms with Gasteiger partial charge >= 0.3 is 5.97 Å². The molecule has 226 valence electrons. The molecule has 1 aliphatic heterocycles. The summed E-state index contributed by atoms with van der Waals surface area (Å²) >= 11 is 0. The number of hydrogen-bond acceptors (Lipinski definition) is 5. The number of amides is 1. The van der Waals surface area contributed by atoms with Crippen LogP contribution in [0.3, 0.4) is 0 Å². The van der Waals surface area contributed by atoms with Crippen LogP contribution < -0.4 is 10.1 Å². The van der Waals surface area contributed by atoms with Crippen molar-refractivity contribution in [3.8, 4) is 11.5 Å². The molecule has 1 unspecified atom stereocenters. The zero-order valence-electron chi connectivity index (χ0n) is 25.2. The number of aliphatic carboxylic acids is 1. The van der Waals surface area contributed by atoms with Crippen molar-refractivity contribution in [2.45, 2.75) is 65.0 Å². The SMILES string of the molecule is CC(C)(C)C1CCC(N2/C(=N/c3ccc(Oc4ccccc4)cc3)OCC2c2ccc(C(=O)NCCC(=O)O)cc2)CC1. The summed E-state index contributed by atoms with van der Waals surface area (Å²) in [5.41, 5.74) is 2.62. The second kappa shape index (κ2) is 13.3. The molecule has 0 spiro atoms. The van der Waals surface area contributed by atoms with Gasteiger partial charge in [0, 0.05) is 18.2 Å². The lowest BCUT2D eigenvalue weighted by molar-refractivity contribution is -0.136. The van der Waals surface area contributed by atoms with Crippen molar-refractivity contribution in [3.05, 3.63) is 90.0 Å². The molecule has 2 aliphatic rings. The van der Waals surface area contributed by atoms with E-state index < -0.39 is 5.97 Å². The Kier molecular flexibility index (Phi) is 9.34. The predicted molar refractivity (Wildman–Crippen MR) is 167 cm³/mol. The number of carbonyl (C=O) groups is 2. The van der Waals surface area contributed by atoms with Crippen molar-refractivity contribution >= 4 is 23.6 Å². The van der Waals surface area contributed by atoms with Gasteiger partial charge in [-0.15, -0.1) is 0 Å². The maximum Gasteiger partial charge on any atom is 0.305 e. The summed E-state index contributed by atoms with van der Waals surface area (Å²) in [7, 11) is 0. The maximum absolute atomic E-state index is 12.5. The fourth-order valence-corrected chi connectivity index (χ4v) is 5.98. The van der Waals surface area contributed by atoms with Crippen LogP contribution in [0.15, 0.2) is 83.9 Å². The molecule has 5 rings (SSSR count). The van der Waals surface area contributed by atoms with Gasteiger partial charge < -0.3 is 24.8 Å². The van der Waals surface area contributed by atoms with Crippen LogP contribution >= 0.6 is 0 Å². The Morgan fingerprint density at radius 3 is 2.21 bits per heavy atom. The Bertz CT molecular complexity index is 1410. The molecule has 2 N–H and O–H groups in total. The van der Waals surface area contributed by atoms with E-state index in [-0.39, 0.29) is 30.3 Å². The van der Waals surface area contributed by atoms with Crippen molar-refractivity contribution in [2.24, 2.45) is 16.3 Å². The van der Waals surface area contributed by atoms with E-state index in [1.807, 2.05) is 66.7 Å². The van der Waals surface area contributed by atoms with Crippen molar-refractivity contribution in [1.29, 1.82) is 0 Å². The van der Waals surface area contributed by atoms with Gasteiger partial charge in [-0.05, 0) is 91.1 Å². The van der Waals surface area contributed by atoms with E-state index in [0.717, 1.165) is 48.4 Å². The number of carbonyl (C=O) groups excluding carboxylic acids is 1. The van der Waals surface area contributed by atoms with E-state index >= 15 is 0 Å². The number of nitrogens with one attached hydrogen (secondary N) is 1. The highest BCUT2D eigenvalue weighted by molar-refractivity contribution is 5.94. The van der Waals surface area contributed by atoms with Gasteiger partial charge in [-0.3, -0.25) is 9.59 Å². The second-order valence-electron chi connectivity index (χ2n) is 12.4. The largest absolute Gasteiger partial charge is 0.481 e. The maximum atomic E-state index is 12.5. The van der Waals surface area contributed by atoms with Gasteiger partial charge in [0.15, 0.2) is 0 Å². The molecule has 1 atom stereocenters. The number of hydrogen-bond donors (Lipinski definition) is 2. The highest BCUT2D eigenvalue weighted by Gasteiger charge is 2.40. The van der Waals surface area contributed by atoms with Crippen LogP contribution in [-0.4, -0.2) is 47.1 Å². The molecular formula is C35H41N3O5. The number of para-hydroxylation sites is 1. The van der Waals surface area contributed by atoms with Gasteiger partial charge in [0.2, 0.25) is 0 Å². The Balaban J connectivity index is 1.34. The highest BCUT2D eigenvalue weighted by atomic mass is 16.5. The third-order valence-electron chi connectivity index (χ3n) is 8.46. The fraction of sp³-hybridized carbons (Fsp3) is 0.400. The monoisotopic (exact) mass is 583 g/mol. The van der Waals surface area contributed by atoms with E-state index in [1.54, 1.807) is 12.1 Å². The van der Waals surface area contributed by atoms with Crippen LogP contribution in [0.25, 0.3) is 0 Å². The van der Waals surface area contributed by atoms with Gasteiger partial charge in [0.25, 0.3) is 11.9 Å². The molecule has 8 heteroatoms. The van der Waals surface area contributed by atoms with Crippen molar-refractivity contribution in [1.82, 2.24) is 10.2 Å². The standard InChI is InChI=1S/C35H41N3O5/c1-35(2,3)26-13-17-28(18-14-26)38-31(24-9-11-25(12-10-24)33(41)36-22-21-32(39)40)23-42-34(38)37-27-15-19-30(20-16-27)43-29-7-5-4-6-8-29/h4-12,15-16,19-20,26,28,31H,13-14,17-18,21-23H2,1-3H3,(H,36,41)(H,39,40)/b37-34-. The van der Waals surface area contributed by atoms with Crippen LogP contribution in [-0.2, 0) is 9.53 Å². The molecule has 0 radical (unpaired) electrons. The van der Waals surface area contributed by atoms with Gasteiger partial charge in [0.1, 0.15) is 18.1 Å². The van der Waals surface area contributed by atoms with Gasteiger partial charge in [-0.2, -0.15) is 4.99 Å². The normalized spacial score (nSPS) is 21.3. The summed E-state index contributed by atoms with van der Waals surface area (Å²) in [6.45, 7) is 7.56. The van der Waals surface area contributed by atoms with Gasteiger partial charge in [-0.25, -0.2) is 0 Å². The van der Waals surface area contributed by atoms with E-state index in [9.17, 15) is 9.59 Å². The lowest BCUT2D eigenvalue weighted by Crippen LogP contribution is -2.42. The van der Waals surface area contributed by atoms with Crippen LogP contribution in [0.1, 0.15) is 74.8 Å². The summed E-state index contributed by atoms with van der Waals surface area (Å²) in [4.78, 5) is 30.6. The molecular weight excluding hydrogens is 542 g/mol. The Morgan fingerprint density at radius 2 is 1.58 bits per heavy atom. The Morgan fingerprint density at radius 1 is 0.930 bits per heavy atom. The number of rotatable bonds is 9. The third-order valence-corrected chi connectivity index (χ3v) is 8.46. The molecule has 3 aromatic rings. The first-order chi connectivity index (χ1) is 20.7. The number of ether oxygens (including phenoxy) is 2. The molecule has 1 aliphatic carbocycles. The van der Waals surface area contributed by atoms with Gasteiger partial charge in [0.05, 0.1) is 18.2 Å². The molecule has 0 bridgehead atoms. The number of amidine groups is 1. The van der Waals surface area contributed by atoms with Crippen molar-refractivity contribution in [3.63, 3.8) is 0 Å². The fourth-order valence-electron chi connectivity index (χ4n) is 5.98. The first-order valence-corrected chi connectivity index (χ1v) is 15.1. The zero-order chi connectivity index (χ0) is 30.4. The summed E-state index contributed by atoms with van der Waals surface area (Å²) in [5, 5.41) is 11.5. The first-order valence-electron chi connectivity index (χ1n) is 15.1. The highest BCUT2D eigenvalue weighted by Crippen LogP contribution is 2.42. The number of carboxylic acid groups (broad SMARTS) is 1. The number of aliphatic imine (C=N–C) groups is 1. The van der Waals surface area contributed by atoms with Crippen molar-refractivity contribution < 1.29 is 24.2 Å². The van der Waals surface area contributed by atoms with Crippen LogP contribution in [0.2, 0.25) is 0 Å². The Hall–Kier alpha value is -4.33. The Labute approximate surface area is 253 Å². The predicted octanol–water partition coefficient (Wildman–Crippen LogP) is 7.35. The van der Waals surface area contributed by atoms with Crippen LogP contribution in [0, 0.1) is 11.3 Å². The topological polar surface area (TPSA) is 100 Å². The minimum absolute atomic E-state index is 0.0280. The molecule has 1 amide bonds. The van der Waals surface area contributed by atoms with Gasteiger partial charge in [-0.1, -0.05) is 51.1 Å². The van der Waals surface area contributed by atoms with Crippen LogP contribution in [0.5, 0.6) is 11.5 Å². The van der Waals surface area contributed by atoms with E-state index in [0.29, 0.717) is 30.2 Å². The quantitative estimate of drug-likeness (QED) is 0.273. The average Bonchev–Trinajstić information content (AvgIpc) is 3.41. The molecule has 43 heavy (non-hydrogen) atoms. The van der Waals surface area contributed by atoms with E-state index in [4.69, 9.17) is 19.6 Å². The molecule has 1 saturated heterocycles. The third kappa shape index (κ3) is 7.74. The first kappa shape index (κ1) is 30.1. The van der Waals surface area contributed by atoms with Crippen LogP contribution in [0.4, 0.5) is 5.69 Å². The van der Waals surface area contributed by atoms with E-state index in [2.05, 4.69) is 31.0 Å². The molecule has 0 aromatic heterocycles. The zero-order valence-corrected chi connectivity index (χ0v) is 25.2. The summed E-state index contributed by atoms with van der Waals surface area (Å²) in [6.07, 6.45) is 4.33. The average molecular weight is 584 g/mol. The molecule has 8 nitrogen and oxygen atoms in total. The summed E-state index contributed by atoms with van der Waals surface area (Å²) in [5.74, 6) is 0.980. The molecule has 1 heterocycles. The summed E-state index contributed by atoms with van der Waals surface area (Å²) < 4.78 is 12.2. The molecule has 1 saturated carbocycles. The lowest BCUT2D eigenvalue weighted by Gasteiger charge is -2.41. The molecule has 3 aromatic carbocycles. The lowest BCUT2D eigenvalue weighted by atomic mass is 9.71. The molecule has 2 fully saturated rings. The minimum Gasteiger partial charge on any atom is -0.481 e. The van der Waals surface area contributed by atoms with Crippen molar-refractivity contribution in [2.75, 3.05) is 13.2 Å². The number of nitrogens with zero attached hydrogens (tertiary/aromatic N) is 2. The smallest absolute Gasteiger partial charge is 0.305 e. The number of benzene rings is 3.